The van der Waals surface area contributed by atoms with Gasteiger partial charge in [0.25, 0.3) is 0 Å². The molecule has 0 spiro atoms. The molecule has 0 radical (unpaired) electrons. The van der Waals surface area contributed by atoms with Gasteiger partial charge in [-0.2, -0.15) is 0 Å². The molecule has 0 saturated carbocycles. The van der Waals surface area contributed by atoms with E-state index in [0.29, 0.717) is 0 Å². The number of benzene rings is 2. The highest BCUT2D eigenvalue weighted by atomic mass is 16.2. The second-order valence-corrected chi connectivity index (χ2v) is 9.12. The lowest BCUT2D eigenvalue weighted by molar-refractivity contribution is -0.122. The van der Waals surface area contributed by atoms with Gasteiger partial charge in [-0.3, -0.25) is 4.79 Å². The SMILES string of the molecule is CCCCCN1C(=O)C(C)(C)c2cc3[nH]c(C=Cc4cccc(N(C)C)c4)nc3cc21. The Hall–Kier alpha value is -3.08. The molecule has 1 aromatic heterocycles. The van der Waals surface area contributed by atoms with E-state index in [4.69, 9.17) is 4.98 Å². The monoisotopic (exact) mass is 416 g/mol. The van der Waals surface area contributed by atoms with Crippen LogP contribution < -0.4 is 9.80 Å². The van der Waals surface area contributed by atoms with Crippen molar-refractivity contribution in [3.63, 3.8) is 0 Å². The summed E-state index contributed by atoms with van der Waals surface area (Å²) in [6.07, 6.45) is 7.38. The molecule has 2 aromatic carbocycles. The Morgan fingerprint density at radius 1 is 1.13 bits per heavy atom. The molecule has 162 valence electrons. The number of nitrogens with zero attached hydrogens (tertiary/aromatic N) is 3. The van der Waals surface area contributed by atoms with Gasteiger partial charge in [-0.15, -0.1) is 0 Å². The van der Waals surface area contributed by atoms with Crippen LogP contribution in [0.2, 0.25) is 0 Å². The quantitative estimate of drug-likeness (QED) is 0.509. The Morgan fingerprint density at radius 2 is 1.94 bits per heavy atom. The number of amides is 1. The summed E-state index contributed by atoms with van der Waals surface area (Å²) in [6, 6.07) is 12.6. The smallest absolute Gasteiger partial charge is 0.237 e. The summed E-state index contributed by atoms with van der Waals surface area (Å²) in [5.74, 6) is 1.00. The number of nitrogens with one attached hydrogen (secondary N) is 1. The third kappa shape index (κ3) is 3.97. The number of H-pyrrole nitrogens is 1. The fraction of sp³-hybridized carbons (Fsp3) is 0.385. The number of aromatic nitrogens is 2. The van der Waals surface area contributed by atoms with E-state index in [0.717, 1.165) is 59.5 Å². The number of rotatable bonds is 7. The van der Waals surface area contributed by atoms with E-state index in [-0.39, 0.29) is 5.91 Å². The van der Waals surface area contributed by atoms with Gasteiger partial charge in [0, 0.05) is 26.3 Å². The summed E-state index contributed by atoms with van der Waals surface area (Å²) in [4.78, 5) is 25.3. The maximum atomic E-state index is 13.1. The van der Waals surface area contributed by atoms with Gasteiger partial charge in [-0.1, -0.05) is 38.0 Å². The average Bonchev–Trinajstić information content (AvgIpc) is 3.23. The Labute approximate surface area is 184 Å². The van der Waals surface area contributed by atoms with Crippen molar-refractivity contribution in [2.45, 2.75) is 45.4 Å². The van der Waals surface area contributed by atoms with Crippen LogP contribution >= 0.6 is 0 Å². The van der Waals surface area contributed by atoms with Gasteiger partial charge in [0.2, 0.25) is 5.91 Å². The van der Waals surface area contributed by atoms with Gasteiger partial charge in [0.1, 0.15) is 5.82 Å². The molecule has 0 bridgehead atoms. The van der Waals surface area contributed by atoms with E-state index in [1.165, 1.54) is 5.69 Å². The molecular formula is C26H32N4O. The normalized spacial score (nSPS) is 15.3. The maximum Gasteiger partial charge on any atom is 0.237 e. The van der Waals surface area contributed by atoms with Crippen LogP contribution in [0, 0.1) is 0 Å². The zero-order valence-electron chi connectivity index (χ0n) is 19.2. The first-order chi connectivity index (χ1) is 14.8. The molecule has 5 heteroatoms. The molecule has 5 nitrogen and oxygen atoms in total. The van der Waals surface area contributed by atoms with Crippen molar-refractivity contribution in [2.24, 2.45) is 0 Å². The summed E-state index contributed by atoms with van der Waals surface area (Å²) < 4.78 is 0. The summed E-state index contributed by atoms with van der Waals surface area (Å²) >= 11 is 0. The molecule has 1 N–H and O–H groups in total. The van der Waals surface area contributed by atoms with Crippen LogP contribution in [0.5, 0.6) is 0 Å². The third-order valence-corrected chi connectivity index (χ3v) is 6.17. The molecule has 1 amide bonds. The largest absolute Gasteiger partial charge is 0.378 e. The van der Waals surface area contributed by atoms with Crippen molar-refractivity contribution >= 4 is 40.5 Å². The van der Waals surface area contributed by atoms with Crippen LogP contribution in [0.3, 0.4) is 0 Å². The van der Waals surface area contributed by atoms with Crippen molar-refractivity contribution in [2.75, 3.05) is 30.4 Å². The maximum absolute atomic E-state index is 13.1. The van der Waals surface area contributed by atoms with Crippen molar-refractivity contribution in [1.82, 2.24) is 9.97 Å². The van der Waals surface area contributed by atoms with Crippen LogP contribution in [-0.4, -0.2) is 36.5 Å². The van der Waals surface area contributed by atoms with Gasteiger partial charge in [0.05, 0.1) is 22.1 Å². The Kier molecular flexibility index (Phi) is 5.61. The lowest BCUT2D eigenvalue weighted by Crippen LogP contribution is -2.36. The lowest BCUT2D eigenvalue weighted by atomic mass is 9.86. The fourth-order valence-corrected chi connectivity index (χ4v) is 4.25. The number of fused-ring (bicyclic) bond motifs is 2. The number of imidazole rings is 1. The van der Waals surface area contributed by atoms with Gasteiger partial charge in [-0.05, 0) is 61.7 Å². The van der Waals surface area contributed by atoms with Crippen LogP contribution in [0.4, 0.5) is 11.4 Å². The molecule has 0 fully saturated rings. The zero-order chi connectivity index (χ0) is 22.2. The van der Waals surface area contributed by atoms with Crippen molar-refractivity contribution in [3.05, 3.63) is 53.3 Å². The number of hydrogen-bond donors (Lipinski definition) is 1. The minimum atomic E-state index is -0.510. The highest BCUT2D eigenvalue weighted by molar-refractivity contribution is 6.09. The molecule has 0 aliphatic carbocycles. The molecule has 2 heterocycles. The summed E-state index contributed by atoms with van der Waals surface area (Å²) in [5.41, 5.74) is 5.74. The van der Waals surface area contributed by atoms with Crippen molar-refractivity contribution in [3.8, 4) is 0 Å². The molecule has 1 aliphatic heterocycles. The first-order valence-electron chi connectivity index (χ1n) is 11.1. The molecule has 0 atom stereocenters. The number of aromatic amines is 1. The number of unbranched alkanes of at least 4 members (excludes halogenated alkanes) is 2. The molecule has 4 rings (SSSR count). The summed E-state index contributed by atoms with van der Waals surface area (Å²) in [7, 11) is 4.08. The Bertz CT molecular complexity index is 1140. The first kappa shape index (κ1) is 21.2. The van der Waals surface area contributed by atoms with Gasteiger partial charge in [-0.25, -0.2) is 4.98 Å². The minimum absolute atomic E-state index is 0.187. The van der Waals surface area contributed by atoms with Crippen LogP contribution in [-0.2, 0) is 10.2 Å². The van der Waals surface area contributed by atoms with E-state index in [1.54, 1.807) is 0 Å². The highest BCUT2D eigenvalue weighted by Gasteiger charge is 2.43. The Balaban J connectivity index is 1.65. The topological polar surface area (TPSA) is 52.2 Å². The van der Waals surface area contributed by atoms with E-state index in [9.17, 15) is 4.79 Å². The number of carbonyl (C=O) groups excluding carboxylic acids is 1. The van der Waals surface area contributed by atoms with Crippen molar-refractivity contribution in [1.29, 1.82) is 0 Å². The number of anilines is 2. The molecule has 0 saturated heterocycles. The molecule has 31 heavy (non-hydrogen) atoms. The second-order valence-electron chi connectivity index (χ2n) is 9.12. The standard InChI is InChI=1S/C26H32N4O/c1-6-7-8-14-30-23-17-22-21(16-20(23)26(2,3)25(30)31)27-24(28-22)13-12-18-10-9-11-19(15-18)29(4)5/h9-13,15-17H,6-8,14H2,1-5H3,(H,27,28). The van der Waals surface area contributed by atoms with E-state index in [2.05, 4.69) is 59.3 Å². The predicted octanol–water partition coefficient (Wildman–Crippen LogP) is 5.61. The van der Waals surface area contributed by atoms with Gasteiger partial charge >= 0.3 is 0 Å². The van der Waals surface area contributed by atoms with Gasteiger partial charge in [0.15, 0.2) is 0 Å². The summed E-state index contributed by atoms with van der Waals surface area (Å²) in [6.45, 7) is 7.00. The fourth-order valence-electron chi connectivity index (χ4n) is 4.25. The third-order valence-electron chi connectivity index (χ3n) is 6.17. The highest BCUT2D eigenvalue weighted by Crippen LogP contribution is 2.43. The van der Waals surface area contributed by atoms with E-state index in [1.807, 2.05) is 38.9 Å². The van der Waals surface area contributed by atoms with Crippen LogP contribution in [0.25, 0.3) is 23.2 Å². The average molecular weight is 417 g/mol. The predicted molar refractivity (Wildman–Crippen MR) is 131 cm³/mol. The van der Waals surface area contributed by atoms with Crippen LogP contribution in [0.15, 0.2) is 36.4 Å². The molecular weight excluding hydrogens is 384 g/mol. The molecule has 3 aromatic rings. The van der Waals surface area contributed by atoms with E-state index < -0.39 is 5.41 Å². The lowest BCUT2D eigenvalue weighted by Gasteiger charge is -2.20. The second kappa shape index (κ2) is 8.22. The Morgan fingerprint density at radius 3 is 2.68 bits per heavy atom. The zero-order valence-corrected chi connectivity index (χ0v) is 19.2. The summed E-state index contributed by atoms with van der Waals surface area (Å²) in [5, 5.41) is 0. The molecule has 0 unspecified atom stereocenters. The van der Waals surface area contributed by atoms with Crippen LogP contribution in [0.1, 0.15) is 57.0 Å². The minimum Gasteiger partial charge on any atom is -0.378 e. The van der Waals surface area contributed by atoms with E-state index >= 15 is 0 Å². The van der Waals surface area contributed by atoms with Crippen molar-refractivity contribution < 1.29 is 4.79 Å². The van der Waals surface area contributed by atoms with Gasteiger partial charge < -0.3 is 14.8 Å². The first-order valence-corrected chi connectivity index (χ1v) is 11.1. The number of hydrogen-bond acceptors (Lipinski definition) is 3. The number of carbonyl (C=O) groups is 1. The molecule has 1 aliphatic rings.